The zero-order valence-corrected chi connectivity index (χ0v) is 12.1. The molecule has 108 valence electrons. The summed E-state index contributed by atoms with van der Waals surface area (Å²) in [6, 6.07) is 17.8. The van der Waals surface area contributed by atoms with Crippen LogP contribution in [-0.2, 0) is 22.6 Å². The lowest BCUT2D eigenvalue weighted by Crippen LogP contribution is -2.28. The topological polar surface area (TPSA) is 37.4 Å². The number of carbonyl (C=O) groups excluding carboxylic acids is 2. The number of carbonyl (C=O) groups is 2. The van der Waals surface area contributed by atoms with Crippen LogP contribution < -0.4 is 0 Å². The molecule has 1 aliphatic heterocycles. The molecular formula is C19H15NO2. The molecule has 3 heteroatoms. The van der Waals surface area contributed by atoms with Crippen molar-refractivity contribution in [3.8, 4) is 0 Å². The molecule has 1 aliphatic carbocycles. The summed E-state index contributed by atoms with van der Waals surface area (Å²) in [4.78, 5) is 26.4. The number of Topliss-reactive ketones (excluding diaryl/α,β-unsaturated/α-hetero) is 1. The van der Waals surface area contributed by atoms with Crippen molar-refractivity contribution < 1.29 is 9.59 Å². The van der Waals surface area contributed by atoms with E-state index in [0.29, 0.717) is 18.5 Å². The summed E-state index contributed by atoms with van der Waals surface area (Å²) < 4.78 is 0. The summed E-state index contributed by atoms with van der Waals surface area (Å²) >= 11 is 0. The predicted octanol–water partition coefficient (Wildman–Crippen LogP) is 2.96. The highest BCUT2D eigenvalue weighted by Gasteiger charge is 2.40. The number of fused-ring (bicyclic) bond motifs is 2. The Balaban J connectivity index is 1.80. The van der Waals surface area contributed by atoms with Crippen molar-refractivity contribution in [1.29, 1.82) is 0 Å². The van der Waals surface area contributed by atoms with Crippen LogP contribution in [0.1, 0.15) is 23.1 Å². The summed E-state index contributed by atoms with van der Waals surface area (Å²) in [5, 5.41) is 0. The minimum atomic E-state index is -0.398. The largest absolute Gasteiger partial charge is 0.300 e. The highest BCUT2D eigenvalue weighted by atomic mass is 16.2. The smallest absolute Gasteiger partial charge is 0.299 e. The second kappa shape index (κ2) is 4.95. The number of benzene rings is 2. The standard InChI is InChI=1S/C19H15NO2/c21-18-16-11-10-14-8-4-5-9-15(14)17(16)20(19(18)22)12-13-6-2-1-3-7-13/h1-9H,10-12H2. The maximum atomic E-state index is 12.4. The molecule has 1 amide bonds. The normalized spacial score (nSPS) is 16.8. The summed E-state index contributed by atoms with van der Waals surface area (Å²) in [6.45, 7) is 0.443. The lowest BCUT2D eigenvalue weighted by atomic mass is 9.89. The second-order valence-electron chi connectivity index (χ2n) is 5.69. The van der Waals surface area contributed by atoms with Gasteiger partial charge in [-0.2, -0.15) is 0 Å². The Labute approximate surface area is 128 Å². The third-order valence-electron chi connectivity index (χ3n) is 4.37. The molecule has 0 fully saturated rings. The first kappa shape index (κ1) is 13.0. The van der Waals surface area contributed by atoms with E-state index in [9.17, 15) is 9.59 Å². The van der Waals surface area contributed by atoms with Crippen molar-refractivity contribution >= 4 is 17.4 Å². The van der Waals surface area contributed by atoms with Gasteiger partial charge in [-0.1, -0.05) is 54.6 Å². The van der Waals surface area contributed by atoms with E-state index in [1.807, 2.05) is 48.5 Å². The molecule has 0 bridgehead atoms. The van der Waals surface area contributed by atoms with E-state index >= 15 is 0 Å². The Bertz CT molecular complexity index is 805. The van der Waals surface area contributed by atoms with Gasteiger partial charge in [-0.25, -0.2) is 0 Å². The van der Waals surface area contributed by atoms with Gasteiger partial charge >= 0.3 is 0 Å². The maximum absolute atomic E-state index is 12.4. The molecule has 2 aromatic carbocycles. The second-order valence-corrected chi connectivity index (χ2v) is 5.69. The van der Waals surface area contributed by atoms with Crippen LogP contribution >= 0.6 is 0 Å². The SMILES string of the molecule is O=C1C(=O)N(Cc2ccccc2)C2=C1CCc1ccccc12. The van der Waals surface area contributed by atoms with Crippen LogP contribution in [0.15, 0.2) is 60.2 Å². The molecule has 2 aromatic rings. The number of aryl methyl sites for hydroxylation is 1. The monoisotopic (exact) mass is 289 g/mol. The van der Waals surface area contributed by atoms with Crippen molar-refractivity contribution in [2.45, 2.75) is 19.4 Å². The highest BCUT2D eigenvalue weighted by molar-refractivity contribution is 6.48. The molecule has 3 nitrogen and oxygen atoms in total. The molecular weight excluding hydrogens is 274 g/mol. The van der Waals surface area contributed by atoms with Gasteiger partial charge in [0.2, 0.25) is 5.78 Å². The van der Waals surface area contributed by atoms with Gasteiger partial charge in [0.25, 0.3) is 5.91 Å². The van der Waals surface area contributed by atoms with Gasteiger partial charge in [0, 0.05) is 11.1 Å². The van der Waals surface area contributed by atoms with Crippen LogP contribution in [0.3, 0.4) is 0 Å². The molecule has 0 spiro atoms. The van der Waals surface area contributed by atoms with E-state index < -0.39 is 5.91 Å². The van der Waals surface area contributed by atoms with Gasteiger partial charge in [-0.15, -0.1) is 0 Å². The average molecular weight is 289 g/mol. The Morgan fingerprint density at radius 1 is 0.864 bits per heavy atom. The van der Waals surface area contributed by atoms with Gasteiger partial charge in [0.05, 0.1) is 12.2 Å². The zero-order chi connectivity index (χ0) is 15.1. The Morgan fingerprint density at radius 2 is 1.59 bits per heavy atom. The Morgan fingerprint density at radius 3 is 2.41 bits per heavy atom. The lowest BCUT2D eigenvalue weighted by molar-refractivity contribution is -0.139. The number of rotatable bonds is 2. The van der Waals surface area contributed by atoms with Gasteiger partial charge < -0.3 is 4.90 Å². The third-order valence-corrected chi connectivity index (χ3v) is 4.37. The van der Waals surface area contributed by atoms with Crippen LogP contribution in [0.25, 0.3) is 5.70 Å². The molecule has 0 saturated heterocycles. The number of hydrogen-bond donors (Lipinski definition) is 0. The molecule has 2 aliphatic rings. The van der Waals surface area contributed by atoms with E-state index in [-0.39, 0.29) is 5.78 Å². The number of ketones is 1. The first-order valence-electron chi connectivity index (χ1n) is 7.47. The van der Waals surface area contributed by atoms with Gasteiger partial charge in [-0.3, -0.25) is 9.59 Å². The van der Waals surface area contributed by atoms with Crippen LogP contribution in [0.4, 0.5) is 0 Å². The van der Waals surface area contributed by atoms with E-state index in [2.05, 4.69) is 6.07 Å². The van der Waals surface area contributed by atoms with Crippen LogP contribution in [-0.4, -0.2) is 16.6 Å². The first-order valence-corrected chi connectivity index (χ1v) is 7.47. The third kappa shape index (κ3) is 1.90. The number of nitrogens with zero attached hydrogens (tertiary/aromatic N) is 1. The minimum Gasteiger partial charge on any atom is -0.300 e. The minimum absolute atomic E-state index is 0.333. The molecule has 0 aromatic heterocycles. The van der Waals surface area contributed by atoms with Crippen molar-refractivity contribution in [2.75, 3.05) is 0 Å². The summed E-state index contributed by atoms with van der Waals surface area (Å²) in [5.74, 6) is -0.731. The van der Waals surface area contributed by atoms with E-state index in [1.54, 1.807) is 4.90 Å². The van der Waals surface area contributed by atoms with Crippen LogP contribution in [0.5, 0.6) is 0 Å². The molecule has 0 atom stereocenters. The summed E-state index contributed by atoms with van der Waals surface area (Å²) in [6.07, 6.45) is 1.48. The van der Waals surface area contributed by atoms with E-state index in [0.717, 1.165) is 23.2 Å². The lowest BCUT2D eigenvalue weighted by Gasteiger charge is -2.24. The Hall–Kier alpha value is -2.68. The first-order chi connectivity index (χ1) is 10.8. The van der Waals surface area contributed by atoms with Crippen molar-refractivity contribution in [3.63, 3.8) is 0 Å². The quantitative estimate of drug-likeness (QED) is 0.797. The number of amides is 1. The van der Waals surface area contributed by atoms with Crippen molar-refractivity contribution in [2.24, 2.45) is 0 Å². The average Bonchev–Trinajstić information content (AvgIpc) is 2.81. The van der Waals surface area contributed by atoms with Crippen LogP contribution in [0.2, 0.25) is 0 Å². The number of hydrogen-bond acceptors (Lipinski definition) is 2. The molecule has 0 saturated carbocycles. The maximum Gasteiger partial charge on any atom is 0.299 e. The molecule has 0 N–H and O–H groups in total. The zero-order valence-electron chi connectivity index (χ0n) is 12.1. The Kier molecular flexibility index (Phi) is 2.93. The molecule has 22 heavy (non-hydrogen) atoms. The molecule has 0 unspecified atom stereocenters. The van der Waals surface area contributed by atoms with E-state index in [4.69, 9.17) is 0 Å². The molecule has 1 heterocycles. The summed E-state index contributed by atoms with van der Waals surface area (Å²) in [7, 11) is 0. The highest BCUT2D eigenvalue weighted by Crippen LogP contribution is 2.39. The van der Waals surface area contributed by atoms with Gasteiger partial charge in [-0.05, 0) is 24.0 Å². The molecule has 4 rings (SSSR count). The van der Waals surface area contributed by atoms with Crippen molar-refractivity contribution in [3.05, 3.63) is 76.9 Å². The van der Waals surface area contributed by atoms with Gasteiger partial charge in [0.15, 0.2) is 0 Å². The predicted molar refractivity (Wildman–Crippen MR) is 83.7 cm³/mol. The van der Waals surface area contributed by atoms with Crippen LogP contribution in [0, 0.1) is 0 Å². The molecule has 0 radical (unpaired) electrons. The fraction of sp³-hybridized carbons (Fsp3) is 0.158. The summed E-state index contributed by atoms with van der Waals surface area (Å²) in [5.41, 5.74) is 4.77. The fourth-order valence-electron chi connectivity index (χ4n) is 3.31. The van der Waals surface area contributed by atoms with E-state index in [1.165, 1.54) is 5.56 Å². The fourth-order valence-corrected chi connectivity index (χ4v) is 3.31. The van der Waals surface area contributed by atoms with Crippen molar-refractivity contribution in [1.82, 2.24) is 4.90 Å². The van der Waals surface area contributed by atoms with Gasteiger partial charge in [0.1, 0.15) is 0 Å².